The molecule has 0 amide bonds. The van der Waals surface area contributed by atoms with Gasteiger partial charge in [0.05, 0.1) is 12.2 Å². The number of likely N-dealkylation sites (tertiary alicyclic amines) is 1. The van der Waals surface area contributed by atoms with Crippen LogP contribution in [-0.4, -0.2) is 34.3 Å². The standard InChI is InChI=1S/C18H33N3/c1-14-15(17(2,3)4)16(18(5,6)7)21(19-14)13-12-20-10-8-9-11-20/h8-13H2,1-7H3. The molecule has 1 fully saturated rings. The van der Waals surface area contributed by atoms with E-state index in [9.17, 15) is 0 Å². The van der Waals surface area contributed by atoms with Crippen LogP contribution < -0.4 is 0 Å². The van der Waals surface area contributed by atoms with E-state index in [2.05, 4.69) is 58.0 Å². The van der Waals surface area contributed by atoms with Crippen molar-refractivity contribution in [2.45, 2.75) is 78.7 Å². The Bertz CT molecular complexity index is 480. The Kier molecular flexibility index (Phi) is 4.53. The molecule has 21 heavy (non-hydrogen) atoms. The van der Waals surface area contributed by atoms with Gasteiger partial charge in [0.2, 0.25) is 0 Å². The first-order valence-corrected chi connectivity index (χ1v) is 8.41. The van der Waals surface area contributed by atoms with Crippen LogP contribution in [0.25, 0.3) is 0 Å². The first kappa shape index (κ1) is 16.5. The number of hydrogen-bond acceptors (Lipinski definition) is 2. The maximum absolute atomic E-state index is 4.89. The van der Waals surface area contributed by atoms with Crippen molar-refractivity contribution >= 4 is 0 Å². The van der Waals surface area contributed by atoms with Crippen molar-refractivity contribution in [3.63, 3.8) is 0 Å². The summed E-state index contributed by atoms with van der Waals surface area (Å²) in [4.78, 5) is 2.57. The minimum atomic E-state index is 0.134. The molecule has 120 valence electrons. The van der Waals surface area contributed by atoms with E-state index >= 15 is 0 Å². The maximum Gasteiger partial charge on any atom is 0.0634 e. The van der Waals surface area contributed by atoms with E-state index in [1.165, 1.54) is 42.9 Å². The summed E-state index contributed by atoms with van der Waals surface area (Å²) in [6, 6.07) is 0. The minimum absolute atomic E-state index is 0.134. The topological polar surface area (TPSA) is 21.1 Å². The lowest BCUT2D eigenvalue weighted by atomic mass is 9.78. The van der Waals surface area contributed by atoms with E-state index in [1.54, 1.807) is 0 Å². The van der Waals surface area contributed by atoms with Gasteiger partial charge in [-0.1, -0.05) is 41.5 Å². The van der Waals surface area contributed by atoms with Gasteiger partial charge in [-0.05, 0) is 38.3 Å². The highest BCUT2D eigenvalue weighted by Crippen LogP contribution is 2.36. The Labute approximate surface area is 130 Å². The van der Waals surface area contributed by atoms with E-state index in [-0.39, 0.29) is 10.8 Å². The maximum atomic E-state index is 4.89. The van der Waals surface area contributed by atoms with Gasteiger partial charge in [-0.15, -0.1) is 0 Å². The molecule has 1 aliphatic rings. The largest absolute Gasteiger partial charge is 0.301 e. The molecule has 0 N–H and O–H groups in total. The molecule has 1 aromatic rings. The molecule has 0 unspecified atom stereocenters. The zero-order valence-electron chi connectivity index (χ0n) is 15.1. The van der Waals surface area contributed by atoms with Gasteiger partial charge >= 0.3 is 0 Å². The predicted octanol–water partition coefficient (Wildman–Crippen LogP) is 3.88. The van der Waals surface area contributed by atoms with Gasteiger partial charge < -0.3 is 4.90 Å². The smallest absolute Gasteiger partial charge is 0.0634 e. The van der Waals surface area contributed by atoms with Gasteiger partial charge in [0, 0.05) is 23.2 Å². The first-order valence-electron chi connectivity index (χ1n) is 8.41. The second-order valence-electron chi connectivity index (χ2n) is 8.58. The van der Waals surface area contributed by atoms with Crippen LogP contribution >= 0.6 is 0 Å². The lowest BCUT2D eigenvalue weighted by Gasteiger charge is -2.28. The molecule has 2 heterocycles. The first-order chi connectivity index (χ1) is 9.60. The van der Waals surface area contributed by atoms with Crippen LogP contribution in [0.2, 0.25) is 0 Å². The summed E-state index contributed by atoms with van der Waals surface area (Å²) < 4.78 is 2.29. The van der Waals surface area contributed by atoms with Gasteiger partial charge in [-0.25, -0.2) is 0 Å². The molecule has 0 atom stereocenters. The molecule has 2 rings (SSSR count). The molecule has 0 radical (unpaired) electrons. The molecule has 0 spiro atoms. The Balaban J connectivity index is 2.32. The van der Waals surface area contributed by atoms with Crippen molar-refractivity contribution in [2.75, 3.05) is 19.6 Å². The third-order valence-corrected chi connectivity index (χ3v) is 4.41. The molecule has 0 aromatic carbocycles. The van der Waals surface area contributed by atoms with Crippen molar-refractivity contribution in [1.29, 1.82) is 0 Å². The van der Waals surface area contributed by atoms with Gasteiger partial charge in [-0.2, -0.15) is 5.10 Å². The molecule has 0 saturated carbocycles. The van der Waals surface area contributed by atoms with E-state index < -0.39 is 0 Å². The zero-order valence-corrected chi connectivity index (χ0v) is 15.1. The van der Waals surface area contributed by atoms with Crippen LogP contribution in [-0.2, 0) is 17.4 Å². The minimum Gasteiger partial charge on any atom is -0.301 e. The molecule has 1 aromatic heterocycles. The van der Waals surface area contributed by atoms with E-state index in [0.29, 0.717) is 0 Å². The lowest BCUT2D eigenvalue weighted by Crippen LogP contribution is -2.29. The molecular weight excluding hydrogens is 258 g/mol. The fraction of sp³-hybridized carbons (Fsp3) is 0.833. The van der Waals surface area contributed by atoms with Crippen LogP contribution in [0, 0.1) is 6.92 Å². The third-order valence-electron chi connectivity index (χ3n) is 4.41. The van der Waals surface area contributed by atoms with Crippen LogP contribution in [0.1, 0.15) is 71.3 Å². The van der Waals surface area contributed by atoms with Gasteiger partial charge in [0.15, 0.2) is 0 Å². The second-order valence-corrected chi connectivity index (χ2v) is 8.58. The highest BCUT2D eigenvalue weighted by Gasteiger charge is 2.32. The number of nitrogens with zero attached hydrogens (tertiary/aromatic N) is 3. The summed E-state index contributed by atoms with van der Waals surface area (Å²) in [6.45, 7) is 20.7. The van der Waals surface area contributed by atoms with Crippen molar-refractivity contribution in [1.82, 2.24) is 14.7 Å². The highest BCUT2D eigenvalue weighted by atomic mass is 15.3. The normalized spacial score (nSPS) is 17.7. The van der Waals surface area contributed by atoms with Crippen LogP contribution in [0.15, 0.2) is 0 Å². The Morgan fingerprint density at radius 3 is 1.95 bits per heavy atom. The molecule has 0 aliphatic carbocycles. The summed E-state index contributed by atoms with van der Waals surface area (Å²) in [7, 11) is 0. The molecule has 3 heteroatoms. The summed E-state index contributed by atoms with van der Waals surface area (Å²) >= 11 is 0. The summed E-state index contributed by atoms with van der Waals surface area (Å²) in [5, 5.41) is 4.89. The van der Waals surface area contributed by atoms with Crippen molar-refractivity contribution < 1.29 is 0 Å². The predicted molar refractivity (Wildman–Crippen MR) is 90.0 cm³/mol. The van der Waals surface area contributed by atoms with Gasteiger partial charge in [-0.3, -0.25) is 4.68 Å². The van der Waals surface area contributed by atoms with Gasteiger partial charge in [0.25, 0.3) is 0 Å². The van der Waals surface area contributed by atoms with Crippen molar-refractivity contribution in [3.8, 4) is 0 Å². The lowest BCUT2D eigenvalue weighted by molar-refractivity contribution is 0.308. The second kappa shape index (κ2) is 5.75. The molecule has 0 bridgehead atoms. The monoisotopic (exact) mass is 291 g/mol. The van der Waals surface area contributed by atoms with Gasteiger partial charge in [0.1, 0.15) is 0 Å². The van der Waals surface area contributed by atoms with Crippen molar-refractivity contribution in [3.05, 3.63) is 17.0 Å². The van der Waals surface area contributed by atoms with Crippen molar-refractivity contribution in [2.24, 2.45) is 0 Å². The summed E-state index contributed by atoms with van der Waals surface area (Å²) in [6.07, 6.45) is 2.72. The third kappa shape index (κ3) is 3.68. The Hall–Kier alpha value is -0.830. The van der Waals surface area contributed by atoms with Crippen LogP contribution in [0.5, 0.6) is 0 Å². The SMILES string of the molecule is Cc1nn(CCN2CCCC2)c(C(C)(C)C)c1C(C)(C)C. The zero-order chi connectivity index (χ0) is 15.8. The fourth-order valence-electron chi connectivity index (χ4n) is 3.65. The highest BCUT2D eigenvalue weighted by molar-refractivity contribution is 5.36. The summed E-state index contributed by atoms with van der Waals surface area (Å²) in [5.41, 5.74) is 4.35. The van der Waals surface area contributed by atoms with E-state index in [1.807, 2.05) is 0 Å². The Morgan fingerprint density at radius 2 is 1.48 bits per heavy atom. The van der Waals surface area contributed by atoms with Crippen LogP contribution in [0.4, 0.5) is 0 Å². The average Bonchev–Trinajstić information content (AvgIpc) is 2.90. The molecule has 1 saturated heterocycles. The number of hydrogen-bond donors (Lipinski definition) is 0. The number of aromatic nitrogens is 2. The fourth-order valence-corrected chi connectivity index (χ4v) is 3.65. The molecular formula is C18H33N3. The Morgan fingerprint density at radius 1 is 0.905 bits per heavy atom. The molecule has 1 aliphatic heterocycles. The van der Waals surface area contributed by atoms with Crippen LogP contribution in [0.3, 0.4) is 0 Å². The number of aryl methyl sites for hydroxylation is 1. The van der Waals surface area contributed by atoms with E-state index in [4.69, 9.17) is 5.10 Å². The average molecular weight is 291 g/mol. The quantitative estimate of drug-likeness (QED) is 0.842. The summed E-state index contributed by atoms with van der Waals surface area (Å²) in [5.74, 6) is 0. The molecule has 3 nitrogen and oxygen atoms in total. The number of rotatable bonds is 3. The van der Waals surface area contributed by atoms with E-state index in [0.717, 1.165) is 13.1 Å².